The minimum Gasteiger partial charge on any atom is -0.493 e. The van der Waals surface area contributed by atoms with Gasteiger partial charge in [-0.05, 0) is 6.07 Å². The number of aliphatic hydroxyl groups excluding tert-OH is 1. The summed E-state index contributed by atoms with van der Waals surface area (Å²) in [5.74, 6) is -0.687. The van der Waals surface area contributed by atoms with Crippen LogP contribution >= 0.6 is 0 Å². The Kier molecular flexibility index (Phi) is 4.45. The van der Waals surface area contributed by atoms with Gasteiger partial charge in [-0.25, -0.2) is 0 Å². The average Bonchev–Trinajstić information content (AvgIpc) is 2.34. The summed E-state index contributed by atoms with van der Waals surface area (Å²) in [6, 6.07) is 2.23. The van der Waals surface area contributed by atoms with Gasteiger partial charge in [-0.15, -0.1) is 0 Å². The number of aliphatic hydroxyl groups is 1. The van der Waals surface area contributed by atoms with Gasteiger partial charge in [0.05, 0.1) is 14.2 Å². The largest absolute Gasteiger partial charge is 0.493 e. The first-order chi connectivity index (χ1) is 8.36. The molecule has 1 N–H and O–H groups in total. The molecule has 0 bridgehead atoms. The maximum atomic E-state index is 12.8. The Bertz CT molecular complexity index is 416. The molecule has 0 aliphatic rings. The van der Waals surface area contributed by atoms with Gasteiger partial charge in [0.15, 0.2) is 11.5 Å². The highest BCUT2D eigenvalue weighted by molar-refractivity contribution is 5.54. The molecule has 0 saturated carbocycles. The van der Waals surface area contributed by atoms with Crippen molar-refractivity contribution in [3.8, 4) is 11.5 Å². The van der Waals surface area contributed by atoms with Crippen molar-refractivity contribution in [2.24, 2.45) is 0 Å². The lowest BCUT2D eigenvalue weighted by atomic mass is 9.98. The minimum absolute atomic E-state index is 0.00822. The van der Waals surface area contributed by atoms with E-state index in [-0.39, 0.29) is 24.0 Å². The smallest absolute Gasteiger partial charge is 0.420 e. The van der Waals surface area contributed by atoms with Gasteiger partial charge in [0.2, 0.25) is 0 Å². The summed E-state index contributed by atoms with van der Waals surface area (Å²) >= 11 is 0. The molecule has 0 aliphatic heterocycles. The molecule has 102 valence electrons. The fourth-order valence-electron chi connectivity index (χ4n) is 1.70. The number of rotatable bonds is 4. The Morgan fingerprint density at radius 3 is 2.11 bits per heavy atom. The molecular formula is C12H15F3O3. The van der Waals surface area contributed by atoms with E-state index in [1.807, 2.05) is 0 Å². The highest BCUT2D eigenvalue weighted by Crippen LogP contribution is 2.44. The van der Waals surface area contributed by atoms with Crippen molar-refractivity contribution < 1.29 is 27.8 Å². The summed E-state index contributed by atoms with van der Waals surface area (Å²) in [4.78, 5) is 0. The molecule has 0 radical (unpaired) electrons. The predicted octanol–water partition coefficient (Wildman–Crippen LogP) is 2.82. The van der Waals surface area contributed by atoms with Crippen LogP contribution in [0.2, 0.25) is 0 Å². The molecule has 1 aromatic rings. The van der Waals surface area contributed by atoms with Crippen molar-refractivity contribution in [3.63, 3.8) is 0 Å². The molecule has 0 saturated heterocycles. The van der Waals surface area contributed by atoms with Crippen LogP contribution in [-0.4, -0.2) is 25.9 Å². The normalized spacial score (nSPS) is 13.3. The molecule has 6 heteroatoms. The molecule has 1 rings (SSSR count). The number of benzene rings is 1. The molecule has 0 aromatic heterocycles. The van der Waals surface area contributed by atoms with Gasteiger partial charge in [-0.1, -0.05) is 13.0 Å². The zero-order valence-electron chi connectivity index (χ0n) is 10.3. The summed E-state index contributed by atoms with van der Waals surface area (Å²) in [6.07, 6.45) is -4.51. The summed E-state index contributed by atoms with van der Waals surface area (Å²) in [5.41, 5.74) is -0.416. The summed E-state index contributed by atoms with van der Waals surface area (Å²) < 4.78 is 48.1. The van der Waals surface area contributed by atoms with Crippen LogP contribution in [0.4, 0.5) is 13.2 Å². The quantitative estimate of drug-likeness (QED) is 0.908. The monoisotopic (exact) mass is 264 g/mol. The van der Waals surface area contributed by atoms with E-state index in [0.29, 0.717) is 5.56 Å². The fourth-order valence-corrected chi connectivity index (χ4v) is 1.70. The van der Waals surface area contributed by atoms with Gasteiger partial charge >= 0.3 is 6.18 Å². The zero-order chi connectivity index (χ0) is 13.9. The van der Waals surface area contributed by atoms with Gasteiger partial charge in [-0.3, -0.25) is 0 Å². The Morgan fingerprint density at radius 2 is 1.72 bits per heavy atom. The number of alkyl halides is 3. The van der Waals surface area contributed by atoms with Crippen LogP contribution in [0, 0.1) is 0 Å². The molecule has 0 aliphatic carbocycles. The summed E-state index contributed by atoms with van der Waals surface area (Å²) in [7, 11) is 2.42. The standard InChI is InChI=1S/C12H15F3O3/c1-7(6-16)8-4-5-9(12(13,14)15)11(18-3)10(8)17-2/h4-5,7,16H,6H2,1-3H3. The minimum atomic E-state index is -4.51. The van der Waals surface area contributed by atoms with E-state index < -0.39 is 11.7 Å². The van der Waals surface area contributed by atoms with Crippen molar-refractivity contribution in [1.82, 2.24) is 0 Å². The van der Waals surface area contributed by atoms with E-state index in [0.717, 1.165) is 13.2 Å². The van der Waals surface area contributed by atoms with Gasteiger partial charge in [0.25, 0.3) is 0 Å². The van der Waals surface area contributed by atoms with Crippen LogP contribution in [0.25, 0.3) is 0 Å². The number of hydrogen-bond acceptors (Lipinski definition) is 3. The second-order valence-corrected chi connectivity index (χ2v) is 3.85. The highest BCUT2D eigenvalue weighted by Gasteiger charge is 2.36. The number of ether oxygens (including phenoxy) is 2. The molecule has 18 heavy (non-hydrogen) atoms. The van der Waals surface area contributed by atoms with E-state index in [4.69, 9.17) is 14.6 Å². The molecule has 0 spiro atoms. The Labute approximate surface area is 103 Å². The SMILES string of the molecule is COc1c(C(C)CO)ccc(C(F)(F)F)c1OC. The second-order valence-electron chi connectivity index (χ2n) is 3.85. The second kappa shape index (κ2) is 5.48. The van der Waals surface area contributed by atoms with Crippen LogP contribution in [0.15, 0.2) is 12.1 Å². The van der Waals surface area contributed by atoms with Crippen molar-refractivity contribution in [3.05, 3.63) is 23.3 Å². The first-order valence-electron chi connectivity index (χ1n) is 5.29. The van der Waals surface area contributed by atoms with E-state index in [2.05, 4.69) is 0 Å². The van der Waals surface area contributed by atoms with Crippen molar-refractivity contribution in [1.29, 1.82) is 0 Å². The lowest BCUT2D eigenvalue weighted by molar-refractivity contribution is -0.138. The van der Waals surface area contributed by atoms with Crippen LogP contribution in [-0.2, 0) is 6.18 Å². The lowest BCUT2D eigenvalue weighted by Crippen LogP contribution is -2.11. The van der Waals surface area contributed by atoms with E-state index in [9.17, 15) is 13.2 Å². The molecule has 3 nitrogen and oxygen atoms in total. The summed E-state index contributed by atoms with van der Waals surface area (Å²) in [5, 5.41) is 9.08. The molecule has 1 aromatic carbocycles. The average molecular weight is 264 g/mol. The Hall–Kier alpha value is -1.43. The van der Waals surface area contributed by atoms with Crippen LogP contribution in [0.5, 0.6) is 11.5 Å². The van der Waals surface area contributed by atoms with E-state index >= 15 is 0 Å². The molecule has 1 atom stereocenters. The first kappa shape index (κ1) is 14.6. The Balaban J connectivity index is 3.46. The number of methoxy groups -OCH3 is 2. The maximum Gasteiger partial charge on any atom is 0.420 e. The third kappa shape index (κ3) is 2.69. The van der Waals surface area contributed by atoms with Crippen molar-refractivity contribution in [2.75, 3.05) is 20.8 Å². The van der Waals surface area contributed by atoms with Crippen molar-refractivity contribution >= 4 is 0 Å². The van der Waals surface area contributed by atoms with Gasteiger partial charge in [0.1, 0.15) is 5.56 Å². The number of hydrogen-bond donors (Lipinski definition) is 1. The van der Waals surface area contributed by atoms with Gasteiger partial charge in [-0.2, -0.15) is 13.2 Å². The van der Waals surface area contributed by atoms with Crippen LogP contribution < -0.4 is 9.47 Å². The van der Waals surface area contributed by atoms with E-state index in [1.165, 1.54) is 13.2 Å². The first-order valence-corrected chi connectivity index (χ1v) is 5.29. The molecule has 1 unspecified atom stereocenters. The van der Waals surface area contributed by atoms with Crippen LogP contribution in [0.1, 0.15) is 24.0 Å². The fraction of sp³-hybridized carbons (Fsp3) is 0.500. The number of halogens is 3. The Morgan fingerprint density at radius 1 is 1.17 bits per heavy atom. The molecular weight excluding hydrogens is 249 g/mol. The molecule has 0 fully saturated rings. The molecule has 0 heterocycles. The third-order valence-corrected chi connectivity index (χ3v) is 2.66. The zero-order valence-corrected chi connectivity index (χ0v) is 10.3. The van der Waals surface area contributed by atoms with Gasteiger partial charge in [0, 0.05) is 18.1 Å². The molecule has 0 amide bonds. The van der Waals surface area contributed by atoms with Gasteiger partial charge < -0.3 is 14.6 Å². The predicted molar refractivity (Wildman–Crippen MR) is 60.0 cm³/mol. The lowest BCUT2D eigenvalue weighted by Gasteiger charge is -2.20. The topological polar surface area (TPSA) is 38.7 Å². The third-order valence-electron chi connectivity index (χ3n) is 2.66. The van der Waals surface area contributed by atoms with Crippen molar-refractivity contribution in [2.45, 2.75) is 19.0 Å². The van der Waals surface area contributed by atoms with Crippen LogP contribution in [0.3, 0.4) is 0 Å². The summed E-state index contributed by atoms with van der Waals surface area (Å²) in [6.45, 7) is 1.50. The maximum absolute atomic E-state index is 12.8. The van der Waals surface area contributed by atoms with E-state index in [1.54, 1.807) is 6.92 Å². The highest BCUT2D eigenvalue weighted by atomic mass is 19.4.